The van der Waals surface area contributed by atoms with Gasteiger partial charge in [-0.1, -0.05) is 77.1 Å². The zero-order valence-electron chi connectivity index (χ0n) is 24.0. The highest BCUT2D eigenvalue weighted by atomic mass is 16.3. The second kappa shape index (κ2) is 11.4. The van der Waals surface area contributed by atoms with E-state index in [1.54, 1.807) is 6.20 Å². The smallest absolute Gasteiger partial charge is 0.139 e. The average molecular weight is 528 g/mol. The highest BCUT2D eigenvalue weighted by molar-refractivity contribution is 5.78. The number of aromatic hydroxyl groups is 1. The number of benzene rings is 3. The summed E-state index contributed by atoms with van der Waals surface area (Å²) in [6, 6.07) is 34.7. The number of para-hydroxylation sites is 1. The maximum absolute atomic E-state index is 10.9. The molecule has 0 fully saturated rings. The van der Waals surface area contributed by atoms with Gasteiger partial charge in [-0.05, 0) is 95.1 Å². The Morgan fingerprint density at radius 3 is 2.17 bits per heavy atom. The van der Waals surface area contributed by atoms with E-state index >= 15 is 0 Å². The monoisotopic (exact) mass is 527 g/mol. The molecule has 0 bridgehead atoms. The zero-order chi connectivity index (χ0) is 28.3. The van der Waals surface area contributed by atoms with Crippen LogP contribution in [-0.2, 0) is 11.8 Å². The SMILES string of the molecule is CC(C)Cc1cc(-c2cccc(N(c3ccccc3)c3ccccn3)n2)cc(-c2cc(C(C)(C)C)ccc2O)c1. The Kier molecular flexibility index (Phi) is 7.70. The second-order valence-electron chi connectivity index (χ2n) is 11.7. The van der Waals surface area contributed by atoms with Gasteiger partial charge in [0.05, 0.1) is 5.69 Å². The van der Waals surface area contributed by atoms with Gasteiger partial charge in [-0.2, -0.15) is 0 Å². The van der Waals surface area contributed by atoms with Crippen LogP contribution in [0.4, 0.5) is 17.3 Å². The summed E-state index contributed by atoms with van der Waals surface area (Å²) in [7, 11) is 0. The number of phenolic OH excluding ortho intramolecular Hbond substituents is 1. The molecule has 0 saturated carbocycles. The van der Waals surface area contributed by atoms with Crippen LogP contribution in [0.1, 0.15) is 45.7 Å². The molecular formula is C36H37N3O. The Morgan fingerprint density at radius 1 is 0.750 bits per heavy atom. The summed E-state index contributed by atoms with van der Waals surface area (Å²) in [5, 5.41) is 10.9. The Hall–Kier alpha value is -4.44. The Balaban J connectivity index is 1.65. The number of anilines is 3. The molecule has 4 nitrogen and oxygen atoms in total. The molecule has 0 spiro atoms. The van der Waals surface area contributed by atoms with Gasteiger partial charge in [-0.3, -0.25) is 4.90 Å². The van der Waals surface area contributed by atoms with Gasteiger partial charge >= 0.3 is 0 Å². The first-order valence-electron chi connectivity index (χ1n) is 13.9. The summed E-state index contributed by atoms with van der Waals surface area (Å²) in [5.74, 6) is 2.37. The molecule has 0 aliphatic carbocycles. The largest absolute Gasteiger partial charge is 0.507 e. The minimum absolute atomic E-state index is 0.0247. The van der Waals surface area contributed by atoms with E-state index in [4.69, 9.17) is 4.98 Å². The van der Waals surface area contributed by atoms with Crippen molar-refractivity contribution >= 4 is 17.3 Å². The molecule has 0 saturated heterocycles. The fourth-order valence-electron chi connectivity index (χ4n) is 4.97. The highest BCUT2D eigenvalue weighted by Gasteiger charge is 2.19. The van der Waals surface area contributed by atoms with E-state index in [0.717, 1.165) is 46.1 Å². The molecule has 0 amide bonds. The summed E-state index contributed by atoms with van der Waals surface area (Å²) in [4.78, 5) is 11.9. The Bertz CT molecular complexity index is 1550. The van der Waals surface area contributed by atoms with E-state index < -0.39 is 0 Å². The topological polar surface area (TPSA) is 49.2 Å². The molecule has 0 radical (unpaired) electrons. The Morgan fingerprint density at radius 2 is 1.48 bits per heavy atom. The molecule has 3 aromatic carbocycles. The highest BCUT2D eigenvalue weighted by Crippen LogP contribution is 2.38. The minimum Gasteiger partial charge on any atom is -0.507 e. The first-order valence-corrected chi connectivity index (χ1v) is 13.9. The molecule has 0 aliphatic heterocycles. The number of hydrogen-bond acceptors (Lipinski definition) is 4. The van der Waals surface area contributed by atoms with Crippen LogP contribution in [0, 0.1) is 5.92 Å². The van der Waals surface area contributed by atoms with Crippen molar-refractivity contribution in [2.45, 2.75) is 46.5 Å². The van der Waals surface area contributed by atoms with Crippen molar-refractivity contribution in [3.05, 3.63) is 120 Å². The third-order valence-electron chi connectivity index (χ3n) is 6.96. The lowest BCUT2D eigenvalue weighted by Gasteiger charge is -2.23. The normalized spacial score (nSPS) is 11.6. The number of hydrogen-bond donors (Lipinski definition) is 1. The van der Waals surface area contributed by atoms with Crippen molar-refractivity contribution < 1.29 is 5.11 Å². The molecular weight excluding hydrogens is 490 g/mol. The molecule has 202 valence electrons. The van der Waals surface area contributed by atoms with E-state index in [-0.39, 0.29) is 11.2 Å². The summed E-state index contributed by atoms with van der Waals surface area (Å²) < 4.78 is 0. The van der Waals surface area contributed by atoms with Crippen LogP contribution in [0.25, 0.3) is 22.4 Å². The summed E-state index contributed by atoms with van der Waals surface area (Å²) in [5.41, 5.74) is 7.10. The van der Waals surface area contributed by atoms with E-state index in [1.165, 1.54) is 11.1 Å². The van der Waals surface area contributed by atoms with Crippen molar-refractivity contribution in [2.24, 2.45) is 5.92 Å². The summed E-state index contributed by atoms with van der Waals surface area (Å²) in [6.45, 7) is 11.0. The molecule has 5 aromatic rings. The standard InChI is InChI=1S/C36H37N3O/c1-25(2)20-26-21-27(31-24-29(36(3,4)5)17-18-33(31)40)23-28(22-26)32-14-11-16-35(38-32)39(30-12-7-6-8-13-30)34-15-9-10-19-37-34/h6-19,21-25,40H,20H2,1-5H3. The van der Waals surface area contributed by atoms with Crippen LogP contribution >= 0.6 is 0 Å². The minimum atomic E-state index is -0.0247. The van der Waals surface area contributed by atoms with Crippen LogP contribution in [0.2, 0.25) is 0 Å². The molecule has 0 aliphatic rings. The Labute approximate surface area is 238 Å². The van der Waals surface area contributed by atoms with Crippen molar-refractivity contribution in [3.8, 4) is 28.1 Å². The zero-order valence-corrected chi connectivity index (χ0v) is 24.0. The van der Waals surface area contributed by atoms with Gasteiger partial charge in [0.2, 0.25) is 0 Å². The maximum Gasteiger partial charge on any atom is 0.139 e. The van der Waals surface area contributed by atoms with Crippen LogP contribution < -0.4 is 4.90 Å². The van der Waals surface area contributed by atoms with Gasteiger partial charge in [-0.25, -0.2) is 9.97 Å². The molecule has 0 atom stereocenters. The lowest BCUT2D eigenvalue weighted by Crippen LogP contribution is -2.13. The number of phenols is 1. The fourth-order valence-corrected chi connectivity index (χ4v) is 4.97. The maximum atomic E-state index is 10.9. The van der Waals surface area contributed by atoms with E-state index in [0.29, 0.717) is 5.92 Å². The summed E-state index contributed by atoms with van der Waals surface area (Å²) >= 11 is 0. The van der Waals surface area contributed by atoms with Crippen molar-refractivity contribution in [2.75, 3.05) is 4.90 Å². The first-order chi connectivity index (χ1) is 19.2. The number of aromatic nitrogens is 2. The molecule has 40 heavy (non-hydrogen) atoms. The molecule has 2 heterocycles. The lowest BCUT2D eigenvalue weighted by atomic mass is 9.84. The van der Waals surface area contributed by atoms with Gasteiger partial charge in [0, 0.05) is 23.0 Å². The average Bonchev–Trinajstić information content (AvgIpc) is 2.94. The van der Waals surface area contributed by atoms with Gasteiger partial charge < -0.3 is 5.11 Å². The molecule has 1 N–H and O–H groups in total. The third kappa shape index (κ3) is 6.07. The molecule has 5 rings (SSSR count). The fraction of sp³-hybridized carbons (Fsp3) is 0.222. The van der Waals surface area contributed by atoms with E-state index in [9.17, 15) is 5.11 Å². The van der Waals surface area contributed by atoms with E-state index in [2.05, 4.69) is 87.0 Å². The number of rotatable bonds is 7. The first kappa shape index (κ1) is 27.1. The lowest BCUT2D eigenvalue weighted by molar-refractivity contribution is 0.476. The van der Waals surface area contributed by atoms with Crippen molar-refractivity contribution in [1.29, 1.82) is 0 Å². The number of pyridine rings is 2. The van der Waals surface area contributed by atoms with Gasteiger partial charge in [0.25, 0.3) is 0 Å². The van der Waals surface area contributed by atoms with Crippen molar-refractivity contribution in [3.63, 3.8) is 0 Å². The van der Waals surface area contributed by atoms with Gasteiger partial charge in [0.15, 0.2) is 0 Å². The molecule has 0 unspecified atom stereocenters. The number of nitrogens with zero attached hydrogens (tertiary/aromatic N) is 3. The molecule has 4 heteroatoms. The van der Waals surface area contributed by atoms with Gasteiger partial charge in [-0.15, -0.1) is 0 Å². The second-order valence-corrected chi connectivity index (χ2v) is 11.7. The predicted octanol–water partition coefficient (Wildman–Crippen LogP) is 9.48. The van der Waals surface area contributed by atoms with Gasteiger partial charge in [0.1, 0.15) is 17.4 Å². The van der Waals surface area contributed by atoms with Crippen LogP contribution in [0.15, 0.2) is 109 Å². The van der Waals surface area contributed by atoms with Crippen LogP contribution in [0.3, 0.4) is 0 Å². The molecule has 2 aromatic heterocycles. The predicted molar refractivity (Wildman–Crippen MR) is 166 cm³/mol. The van der Waals surface area contributed by atoms with Crippen LogP contribution in [0.5, 0.6) is 5.75 Å². The van der Waals surface area contributed by atoms with Crippen molar-refractivity contribution in [1.82, 2.24) is 9.97 Å². The van der Waals surface area contributed by atoms with Crippen LogP contribution in [-0.4, -0.2) is 15.1 Å². The quantitative estimate of drug-likeness (QED) is 0.229. The van der Waals surface area contributed by atoms with E-state index in [1.807, 2.05) is 60.7 Å². The summed E-state index contributed by atoms with van der Waals surface area (Å²) in [6.07, 6.45) is 2.74. The third-order valence-corrected chi connectivity index (χ3v) is 6.96.